The zero-order valence-electron chi connectivity index (χ0n) is 16.3. The van der Waals surface area contributed by atoms with Gasteiger partial charge in [0.2, 0.25) is 0 Å². The highest BCUT2D eigenvalue weighted by molar-refractivity contribution is 5.90. The minimum absolute atomic E-state index is 0.280. The van der Waals surface area contributed by atoms with E-state index in [0.29, 0.717) is 18.1 Å². The predicted molar refractivity (Wildman–Crippen MR) is 107 cm³/mol. The molecule has 1 atom stereocenters. The summed E-state index contributed by atoms with van der Waals surface area (Å²) in [5.41, 5.74) is 1.60. The van der Waals surface area contributed by atoms with Crippen molar-refractivity contribution in [1.29, 1.82) is 0 Å². The van der Waals surface area contributed by atoms with Crippen LogP contribution in [0.25, 0.3) is 6.08 Å². The Bertz CT molecular complexity index is 831. The number of hydrogen-bond acceptors (Lipinski definition) is 5. The van der Waals surface area contributed by atoms with Crippen LogP contribution in [0.5, 0.6) is 11.5 Å². The van der Waals surface area contributed by atoms with Gasteiger partial charge in [-0.15, -0.1) is 0 Å². The van der Waals surface area contributed by atoms with Crippen LogP contribution in [0.4, 0.5) is 0 Å². The Morgan fingerprint density at radius 3 is 2.46 bits per heavy atom. The summed E-state index contributed by atoms with van der Waals surface area (Å²) in [6.07, 6.45) is 1.96. The molecule has 1 N–H and O–H groups in total. The summed E-state index contributed by atoms with van der Waals surface area (Å²) in [7, 11) is 1.57. The second-order valence-electron chi connectivity index (χ2n) is 5.91. The van der Waals surface area contributed by atoms with Crippen LogP contribution in [-0.4, -0.2) is 31.7 Å². The summed E-state index contributed by atoms with van der Waals surface area (Å²) >= 11 is 0. The second-order valence-corrected chi connectivity index (χ2v) is 5.91. The number of carbonyl (C=O) groups excluding carboxylic acids is 2. The number of ether oxygens (including phenoxy) is 3. The lowest BCUT2D eigenvalue weighted by molar-refractivity contribution is -0.150. The molecule has 148 valence electrons. The Morgan fingerprint density at radius 2 is 1.75 bits per heavy atom. The van der Waals surface area contributed by atoms with Crippen molar-refractivity contribution in [3.63, 3.8) is 0 Å². The van der Waals surface area contributed by atoms with Gasteiger partial charge in [0.15, 0.2) is 6.10 Å². The average Bonchev–Trinajstić information content (AvgIpc) is 2.71. The fourth-order valence-corrected chi connectivity index (χ4v) is 2.51. The maximum Gasteiger partial charge on any atom is 0.331 e. The van der Waals surface area contributed by atoms with Crippen LogP contribution >= 0.6 is 0 Å². The van der Waals surface area contributed by atoms with Crippen LogP contribution in [0.3, 0.4) is 0 Å². The molecule has 6 heteroatoms. The van der Waals surface area contributed by atoms with Gasteiger partial charge in [-0.25, -0.2) is 4.79 Å². The summed E-state index contributed by atoms with van der Waals surface area (Å²) in [6.45, 7) is 4.22. The highest BCUT2D eigenvalue weighted by Crippen LogP contribution is 2.19. The number of methoxy groups -OCH3 is 1. The maximum absolute atomic E-state index is 12.2. The summed E-state index contributed by atoms with van der Waals surface area (Å²) in [5.74, 6) is 0.369. The third kappa shape index (κ3) is 6.16. The third-order valence-corrected chi connectivity index (χ3v) is 3.93. The molecule has 2 aromatic carbocycles. The van der Waals surface area contributed by atoms with Crippen molar-refractivity contribution in [2.45, 2.75) is 26.5 Å². The Morgan fingerprint density at radius 1 is 1.07 bits per heavy atom. The standard InChI is InChI=1S/C22H25NO5/c1-4-27-20-12-8-5-9-17(20)13-14-21(24)28-16(2)22(25)23-15-18-10-6-7-11-19(18)26-3/h5-14,16H,4,15H2,1-3H3,(H,23,25)/b14-13+/t16-/m1/s1. The summed E-state index contributed by atoms with van der Waals surface area (Å²) < 4.78 is 15.9. The molecule has 0 aromatic heterocycles. The molecule has 28 heavy (non-hydrogen) atoms. The first kappa shape index (κ1) is 21.0. The average molecular weight is 383 g/mol. The lowest BCUT2D eigenvalue weighted by atomic mass is 10.2. The first-order valence-electron chi connectivity index (χ1n) is 9.05. The first-order chi connectivity index (χ1) is 13.5. The van der Waals surface area contributed by atoms with Crippen LogP contribution < -0.4 is 14.8 Å². The molecule has 0 unspecified atom stereocenters. The Kier molecular flexibility index (Phi) is 8.09. The monoisotopic (exact) mass is 383 g/mol. The van der Waals surface area contributed by atoms with Gasteiger partial charge in [-0.2, -0.15) is 0 Å². The van der Waals surface area contributed by atoms with Gasteiger partial charge in [0.1, 0.15) is 11.5 Å². The van der Waals surface area contributed by atoms with Gasteiger partial charge in [-0.05, 0) is 32.1 Å². The summed E-state index contributed by atoms with van der Waals surface area (Å²) in [5, 5.41) is 2.74. The van der Waals surface area contributed by atoms with Crippen LogP contribution in [0, 0.1) is 0 Å². The number of amides is 1. The molecule has 6 nitrogen and oxygen atoms in total. The Labute approximate surface area is 165 Å². The van der Waals surface area contributed by atoms with Gasteiger partial charge in [0, 0.05) is 23.7 Å². The van der Waals surface area contributed by atoms with Crippen molar-refractivity contribution in [1.82, 2.24) is 5.32 Å². The van der Waals surface area contributed by atoms with E-state index in [0.717, 1.165) is 11.1 Å². The molecule has 0 fully saturated rings. The largest absolute Gasteiger partial charge is 0.496 e. The molecule has 0 aliphatic heterocycles. The smallest absolute Gasteiger partial charge is 0.331 e. The van der Waals surface area contributed by atoms with Crippen molar-refractivity contribution >= 4 is 18.0 Å². The van der Waals surface area contributed by atoms with E-state index < -0.39 is 12.1 Å². The summed E-state index contributed by atoms with van der Waals surface area (Å²) in [4.78, 5) is 24.2. The fraction of sp³-hybridized carbons (Fsp3) is 0.273. The van der Waals surface area contributed by atoms with E-state index in [1.54, 1.807) is 13.2 Å². The minimum Gasteiger partial charge on any atom is -0.496 e. The molecular formula is C22H25NO5. The number of para-hydroxylation sites is 2. The third-order valence-electron chi connectivity index (χ3n) is 3.93. The molecule has 0 saturated carbocycles. The van der Waals surface area contributed by atoms with Gasteiger partial charge in [-0.3, -0.25) is 4.79 Å². The van der Waals surface area contributed by atoms with Crippen LogP contribution in [-0.2, 0) is 20.9 Å². The van der Waals surface area contributed by atoms with Crippen LogP contribution in [0.2, 0.25) is 0 Å². The van der Waals surface area contributed by atoms with Gasteiger partial charge in [0.25, 0.3) is 5.91 Å². The van der Waals surface area contributed by atoms with Crippen LogP contribution in [0.1, 0.15) is 25.0 Å². The number of nitrogens with one attached hydrogen (secondary N) is 1. The molecular weight excluding hydrogens is 358 g/mol. The highest BCUT2D eigenvalue weighted by Gasteiger charge is 2.16. The molecule has 0 bridgehead atoms. The van der Waals surface area contributed by atoms with Gasteiger partial charge in [0.05, 0.1) is 13.7 Å². The zero-order valence-corrected chi connectivity index (χ0v) is 16.3. The number of esters is 1. The molecule has 1 amide bonds. The Hall–Kier alpha value is -3.28. The molecule has 0 aliphatic carbocycles. The number of hydrogen-bond donors (Lipinski definition) is 1. The van der Waals surface area contributed by atoms with Gasteiger partial charge >= 0.3 is 5.97 Å². The van der Waals surface area contributed by atoms with E-state index in [-0.39, 0.29) is 12.5 Å². The van der Waals surface area contributed by atoms with Crippen molar-refractivity contribution in [3.8, 4) is 11.5 Å². The predicted octanol–water partition coefficient (Wildman–Crippen LogP) is 3.36. The number of carbonyl (C=O) groups is 2. The molecule has 0 heterocycles. The van der Waals surface area contributed by atoms with Crippen molar-refractivity contribution < 1.29 is 23.8 Å². The zero-order chi connectivity index (χ0) is 20.4. The van der Waals surface area contributed by atoms with E-state index in [1.807, 2.05) is 55.5 Å². The molecule has 2 rings (SSSR count). The number of benzene rings is 2. The lowest BCUT2D eigenvalue weighted by Crippen LogP contribution is -2.35. The van der Waals surface area contributed by atoms with Crippen LogP contribution in [0.15, 0.2) is 54.6 Å². The van der Waals surface area contributed by atoms with Gasteiger partial charge < -0.3 is 19.5 Å². The summed E-state index contributed by atoms with van der Waals surface area (Å²) in [6, 6.07) is 14.7. The fourth-order valence-electron chi connectivity index (χ4n) is 2.51. The normalized spacial score (nSPS) is 11.7. The molecule has 2 aromatic rings. The van der Waals surface area contributed by atoms with Gasteiger partial charge in [-0.1, -0.05) is 36.4 Å². The molecule has 0 aliphatic rings. The molecule has 0 radical (unpaired) electrons. The van der Waals surface area contributed by atoms with E-state index in [2.05, 4.69) is 5.32 Å². The SMILES string of the molecule is CCOc1ccccc1/C=C/C(=O)O[C@H](C)C(=O)NCc1ccccc1OC. The van der Waals surface area contributed by atoms with E-state index in [4.69, 9.17) is 14.2 Å². The van der Waals surface area contributed by atoms with E-state index >= 15 is 0 Å². The van der Waals surface area contributed by atoms with Crippen molar-refractivity contribution in [2.75, 3.05) is 13.7 Å². The Balaban J connectivity index is 1.88. The quantitative estimate of drug-likeness (QED) is 0.531. The molecule has 0 saturated heterocycles. The molecule has 0 spiro atoms. The van der Waals surface area contributed by atoms with Crippen molar-refractivity contribution in [2.24, 2.45) is 0 Å². The lowest BCUT2D eigenvalue weighted by Gasteiger charge is -2.14. The first-order valence-corrected chi connectivity index (χ1v) is 9.05. The minimum atomic E-state index is -0.922. The van der Waals surface area contributed by atoms with E-state index in [1.165, 1.54) is 13.0 Å². The highest BCUT2D eigenvalue weighted by atomic mass is 16.5. The van der Waals surface area contributed by atoms with Crippen molar-refractivity contribution in [3.05, 3.63) is 65.7 Å². The number of rotatable bonds is 9. The second kappa shape index (κ2) is 10.8. The maximum atomic E-state index is 12.2. The topological polar surface area (TPSA) is 73.9 Å². The van der Waals surface area contributed by atoms with E-state index in [9.17, 15) is 9.59 Å².